The van der Waals surface area contributed by atoms with Crippen molar-refractivity contribution >= 4 is 52.5 Å². The average molecular weight is 409 g/mol. The molecule has 0 aromatic heterocycles. The van der Waals surface area contributed by atoms with Crippen molar-refractivity contribution in [2.45, 2.75) is 5.75 Å². The first kappa shape index (κ1) is 20.1. The van der Waals surface area contributed by atoms with Crippen LogP contribution < -0.4 is 5.32 Å². The van der Waals surface area contributed by atoms with E-state index in [2.05, 4.69) is 5.32 Å². The number of esters is 1. The number of halogens is 2. The van der Waals surface area contributed by atoms with Gasteiger partial charge in [0.05, 0.1) is 17.0 Å². The van der Waals surface area contributed by atoms with Gasteiger partial charge in [0.1, 0.15) is 6.07 Å². The van der Waals surface area contributed by atoms with Crippen LogP contribution in [0.5, 0.6) is 0 Å². The Hall–Kier alpha value is -2.20. The van der Waals surface area contributed by atoms with Crippen molar-refractivity contribution in [1.82, 2.24) is 0 Å². The van der Waals surface area contributed by atoms with Crippen LogP contribution in [0.1, 0.15) is 11.1 Å². The molecule has 1 amide bonds. The van der Waals surface area contributed by atoms with Crippen LogP contribution in [0, 0.1) is 11.3 Å². The van der Waals surface area contributed by atoms with Crippen molar-refractivity contribution in [3.05, 3.63) is 63.6 Å². The van der Waals surface area contributed by atoms with Gasteiger partial charge in [-0.2, -0.15) is 5.26 Å². The summed E-state index contributed by atoms with van der Waals surface area (Å²) in [7, 11) is 0. The Kier molecular flexibility index (Phi) is 7.79. The fourth-order valence-electron chi connectivity index (χ4n) is 1.95. The molecule has 0 aliphatic heterocycles. The topological polar surface area (TPSA) is 79.2 Å². The van der Waals surface area contributed by atoms with Gasteiger partial charge in [-0.25, -0.2) is 0 Å². The summed E-state index contributed by atoms with van der Waals surface area (Å²) in [4.78, 5) is 23.6. The molecule has 0 aliphatic carbocycles. The van der Waals surface area contributed by atoms with Gasteiger partial charge in [0.2, 0.25) is 0 Å². The van der Waals surface area contributed by atoms with E-state index < -0.39 is 18.5 Å². The number of carbonyl (C=O) groups is 2. The molecule has 0 radical (unpaired) electrons. The second-order valence-electron chi connectivity index (χ2n) is 5.09. The molecule has 5 nitrogen and oxygen atoms in total. The number of thioether (sulfide) groups is 1. The quantitative estimate of drug-likeness (QED) is 0.691. The maximum Gasteiger partial charge on any atom is 0.316 e. The molecule has 0 heterocycles. The fraction of sp³-hybridized carbons (Fsp3) is 0.167. The van der Waals surface area contributed by atoms with Crippen LogP contribution in [0.3, 0.4) is 0 Å². The number of nitriles is 1. The SMILES string of the molecule is N#Cc1ccc(Cl)cc1NC(=O)COC(=O)CSCc1ccccc1Cl. The van der Waals surface area contributed by atoms with Gasteiger partial charge < -0.3 is 10.1 Å². The van der Waals surface area contributed by atoms with Crippen LogP contribution >= 0.6 is 35.0 Å². The summed E-state index contributed by atoms with van der Waals surface area (Å²) in [6, 6.07) is 13.8. The zero-order valence-electron chi connectivity index (χ0n) is 13.5. The van der Waals surface area contributed by atoms with Crippen LogP contribution in [0.4, 0.5) is 5.69 Å². The Bertz CT molecular complexity index is 853. The fourth-order valence-corrected chi connectivity index (χ4v) is 3.23. The summed E-state index contributed by atoms with van der Waals surface area (Å²) in [5.74, 6) is -0.397. The van der Waals surface area contributed by atoms with E-state index in [9.17, 15) is 9.59 Å². The first-order valence-electron chi connectivity index (χ1n) is 7.46. The first-order valence-corrected chi connectivity index (χ1v) is 9.37. The molecular weight excluding hydrogens is 395 g/mol. The zero-order valence-corrected chi connectivity index (χ0v) is 15.8. The molecule has 2 aromatic rings. The molecule has 0 saturated heterocycles. The zero-order chi connectivity index (χ0) is 18.9. The van der Waals surface area contributed by atoms with Gasteiger partial charge in [-0.15, -0.1) is 11.8 Å². The van der Waals surface area contributed by atoms with Crippen LogP contribution in [0.15, 0.2) is 42.5 Å². The number of hydrogen-bond acceptors (Lipinski definition) is 5. The molecule has 26 heavy (non-hydrogen) atoms. The number of anilines is 1. The highest BCUT2D eigenvalue weighted by Gasteiger charge is 2.11. The molecule has 0 fully saturated rings. The minimum absolute atomic E-state index is 0.0963. The minimum atomic E-state index is -0.548. The van der Waals surface area contributed by atoms with Gasteiger partial charge in [-0.1, -0.05) is 41.4 Å². The summed E-state index contributed by atoms with van der Waals surface area (Å²) in [6.07, 6.45) is 0. The van der Waals surface area contributed by atoms with Gasteiger partial charge in [0.25, 0.3) is 5.91 Å². The minimum Gasteiger partial charge on any atom is -0.455 e. The maximum atomic E-state index is 11.9. The third-order valence-corrected chi connectivity index (χ3v) is 4.73. The van der Waals surface area contributed by atoms with E-state index in [0.29, 0.717) is 15.8 Å². The van der Waals surface area contributed by atoms with Crippen molar-refractivity contribution < 1.29 is 14.3 Å². The molecule has 0 spiro atoms. The molecule has 8 heteroatoms. The average Bonchev–Trinajstić information content (AvgIpc) is 2.62. The van der Waals surface area contributed by atoms with Gasteiger partial charge >= 0.3 is 5.97 Å². The maximum absolute atomic E-state index is 11.9. The lowest BCUT2D eigenvalue weighted by Gasteiger charge is -2.08. The standard InChI is InChI=1S/C18H14Cl2N2O3S/c19-14-6-5-12(8-21)16(7-14)22-17(23)9-25-18(24)11-26-10-13-3-1-2-4-15(13)20/h1-7H,9-11H2,(H,22,23). The second-order valence-corrected chi connectivity index (χ2v) is 6.92. The van der Waals surface area contributed by atoms with Crippen molar-refractivity contribution in [3.8, 4) is 6.07 Å². The number of amides is 1. The van der Waals surface area contributed by atoms with Crippen LogP contribution in [0.25, 0.3) is 0 Å². The van der Waals surface area contributed by atoms with Gasteiger partial charge in [-0.3, -0.25) is 9.59 Å². The highest BCUT2D eigenvalue weighted by atomic mass is 35.5. The number of carbonyl (C=O) groups excluding carboxylic acids is 2. The predicted molar refractivity (Wildman–Crippen MR) is 103 cm³/mol. The monoisotopic (exact) mass is 408 g/mol. The molecule has 2 aromatic carbocycles. The number of benzene rings is 2. The highest BCUT2D eigenvalue weighted by molar-refractivity contribution is 7.99. The van der Waals surface area contributed by atoms with Gasteiger partial charge in [-0.05, 0) is 29.8 Å². The number of nitrogens with one attached hydrogen (secondary N) is 1. The van der Waals surface area contributed by atoms with E-state index in [-0.39, 0.29) is 17.0 Å². The second kappa shape index (κ2) is 10.1. The summed E-state index contributed by atoms with van der Waals surface area (Å²) in [5.41, 5.74) is 1.47. The third-order valence-electron chi connectivity index (χ3n) is 3.18. The lowest BCUT2D eigenvalue weighted by Crippen LogP contribution is -2.22. The van der Waals surface area contributed by atoms with E-state index >= 15 is 0 Å². The molecule has 0 atom stereocenters. The Morgan fingerprint density at radius 3 is 2.69 bits per heavy atom. The summed E-state index contributed by atoms with van der Waals surface area (Å²) < 4.78 is 4.93. The molecule has 0 unspecified atom stereocenters. The Balaban J connectivity index is 1.75. The van der Waals surface area contributed by atoms with Crippen molar-refractivity contribution in [1.29, 1.82) is 5.26 Å². The molecule has 2 rings (SSSR count). The largest absolute Gasteiger partial charge is 0.455 e. The summed E-state index contributed by atoms with van der Waals surface area (Å²) in [6.45, 7) is -0.442. The smallest absolute Gasteiger partial charge is 0.316 e. The van der Waals surface area contributed by atoms with Crippen LogP contribution in [0.2, 0.25) is 10.0 Å². The third kappa shape index (κ3) is 6.26. The Labute approximate surface area is 165 Å². The normalized spacial score (nSPS) is 10.0. The Morgan fingerprint density at radius 1 is 1.19 bits per heavy atom. The lowest BCUT2D eigenvalue weighted by molar-refractivity contribution is -0.144. The Morgan fingerprint density at radius 2 is 1.96 bits per heavy atom. The van der Waals surface area contributed by atoms with Crippen LogP contribution in [-0.2, 0) is 20.1 Å². The number of ether oxygens (including phenoxy) is 1. The molecule has 134 valence electrons. The molecule has 0 bridgehead atoms. The summed E-state index contributed by atoms with van der Waals surface area (Å²) >= 11 is 13.2. The van der Waals surface area contributed by atoms with E-state index in [1.807, 2.05) is 24.3 Å². The number of rotatable bonds is 7. The molecule has 0 saturated carbocycles. The molecular formula is C18H14Cl2N2O3S. The molecule has 1 N–H and O–H groups in total. The van der Waals surface area contributed by atoms with E-state index in [4.69, 9.17) is 33.2 Å². The highest BCUT2D eigenvalue weighted by Crippen LogP contribution is 2.21. The predicted octanol–water partition coefficient (Wildman–Crippen LogP) is 4.28. The summed E-state index contributed by atoms with van der Waals surface area (Å²) in [5, 5.41) is 12.5. The van der Waals surface area contributed by atoms with E-state index in [0.717, 1.165) is 5.56 Å². The van der Waals surface area contributed by atoms with Crippen molar-refractivity contribution in [2.75, 3.05) is 17.7 Å². The number of hydrogen-bond donors (Lipinski definition) is 1. The number of nitrogens with zero attached hydrogens (tertiary/aromatic N) is 1. The van der Waals surface area contributed by atoms with E-state index in [1.54, 1.807) is 12.1 Å². The lowest BCUT2D eigenvalue weighted by atomic mass is 10.2. The van der Waals surface area contributed by atoms with Gasteiger partial charge in [0.15, 0.2) is 6.61 Å². The molecule has 0 aliphatic rings. The first-order chi connectivity index (χ1) is 12.5. The van der Waals surface area contributed by atoms with Crippen LogP contribution in [-0.4, -0.2) is 24.2 Å². The van der Waals surface area contributed by atoms with Gasteiger partial charge in [0, 0.05) is 15.8 Å². The van der Waals surface area contributed by atoms with Crippen molar-refractivity contribution in [3.63, 3.8) is 0 Å². The van der Waals surface area contributed by atoms with Crippen molar-refractivity contribution in [2.24, 2.45) is 0 Å². The van der Waals surface area contributed by atoms with E-state index in [1.165, 1.54) is 23.9 Å².